The quantitative estimate of drug-likeness (QED) is 0.421. The van der Waals surface area contributed by atoms with Crippen LogP contribution in [-0.2, 0) is 0 Å². The topological polar surface area (TPSA) is 27.6 Å². The number of nitrogens with zero attached hydrogens (tertiary/aromatic N) is 2. The Balaban J connectivity index is 0.00000220. The van der Waals surface area contributed by atoms with Crippen LogP contribution in [0, 0.1) is 5.41 Å². The predicted octanol–water partition coefficient (Wildman–Crippen LogP) is 3.88. The fourth-order valence-electron chi connectivity index (χ4n) is 3.78. The molecular weight excluding hydrogens is 387 g/mol. The third kappa shape index (κ3) is 5.53. The lowest BCUT2D eigenvalue weighted by Gasteiger charge is -2.44. The lowest BCUT2D eigenvalue weighted by Crippen LogP contribution is -2.51. The van der Waals surface area contributed by atoms with E-state index >= 15 is 0 Å². The van der Waals surface area contributed by atoms with Gasteiger partial charge in [-0.2, -0.15) is 0 Å². The van der Waals surface area contributed by atoms with Crippen molar-refractivity contribution < 1.29 is 8.78 Å². The third-order valence-corrected chi connectivity index (χ3v) is 4.75. The first-order valence-corrected chi connectivity index (χ1v) is 7.89. The zero-order chi connectivity index (χ0) is 14.4. The summed E-state index contributed by atoms with van der Waals surface area (Å²) in [6.07, 6.45) is 8.01. The first kappa shape index (κ1) is 18.9. The summed E-state index contributed by atoms with van der Waals surface area (Å²) in [6, 6.07) is 0. The van der Waals surface area contributed by atoms with Crippen LogP contribution < -0.4 is 5.32 Å². The highest BCUT2D eigenvalue weighted by atomic mass is 127. The van der Waals surface area contributed by atoms with E-state index in [1.54, 1.807) is 7.05 Å². The molecule has 3 nitrogen and oxygen atoms in total. The molecule has 0 aromatic carbocycles. The van der Waals surface area contributed by atoms with Crippen LogP contribution in [0.4, 0.5) is 8.78 Å². The van der Waals surface area contributed by atoms with Crippen molar-refractivity contribution in [3.05, 3.63) is 0 Å². The van der Waals surface area contributed by atoms with Crippen LogP contribution in [0.1, 0.15) is 51.4 Å². The molecule has 1 saturated carbocycles. The van der Waals surface area contributed by atoms with Gasteiger partial charge in [0.15, 0.2) is 5.96 Å². The SMILES string of the molecule is CN=C(NCC(F)F)N1CCCC2(CCCCCC2)C1.I. The fourth-order valence-corrected chi connectivity index (χ4v) is 3.78. The van der Waals surface area contributed by atoms with Crippen LogP contribution >= 0.6 is 24.0 Å². The molecule has 6 heteroatoms. The molecule has 0 atom stereocenters. The molecule has 1 saturated heterocycles. The number of nitrogens with one attached hydrogen (secondary N) is 1. The van der Waals surface area contributed by atoms with Crippen LogP contribution in [-0.4, -0.2) is 44.0 Å². The minimum absolute atomic E-state index is 0. The van der Waals surface area contributed by atoms with Gasteiger partial charge in [-0.1, -0.05) is 25.7 Å². The largest absolute Gasteiger partial charge is 0.351 e. The van der Waals surface area contributed by atoms with Gasteiger partial charge in [0.2, 0.25) is 0 Å². The van der Waals surface area contributed by atoms with Crippen LogP contribution in [0.5, 0.6) is 0 Å². The van der Waals surface area contributed by atoms with Crippen molar-refractivity contribution in [1.82, 2.24) is 10.2 Å². The molecule has 0 aromatic rings. The highest BCUT2D eigenvalue weighted by molar-refractivity contribution is 14.0. The van der Waals surface area contributed by atoms with Crippen molar-refractivity contribution >= 4 is 29.9 Å². The fraction of sp³-hybridized carbons (Fsp3) is 0.933. The summed E-state index contributed by atoms with van der Waals surface area (Å²) in [7, 11) is 1.68. The molecule has 1 aliphatic heterocycles. The van der Waals surface area contributed by atoms with Gasteiger partial charge >= 0.3 is 0 Å². The third-order valence-electron chi connectivity index (χ3n) is 4.75. The van der Waals surface area contributed by atoms with E-state index in [1.807, 2.05) is 0 Å². The molecule has 0 amide bonds. The number of guanidine groups is 1. The van der Waals surface area contributed by atoms with E-state index in [0.717, 1.165) is 19.5 Å². The summed E-state index contributed by atoms with van der Waals surface area (Å²) in [5.74, 6) is 0.647. The van der Waals surface area contributed by atoms with E-state index in [4.69, 9.17) is 0 Å². The first-order valence-electron chi connectivity index (χ1n) is 7.89. The molecule has 1 heterocycles. The van der Waals surface area contributed by atoms with Crippen LogP contribution in [0.25, 0.3) is 0 Å². The van der Waals surface area contributed by atoms with Gasteiger partial charge in [-0.3, -0.25) is 4.99 Å². The smallest absolute Gasteiger partial charge is 0.255 e. The van der Waals surface area contributed by atoms with Gasteiger partial charge in [0.1, 0.15) is 0 Å². The van der Waals surface area contributed by atoms with Crippen molar-refractivity contribution in [2.24, 2.45) is 10.4 Å². The van der Waals surface area contributed by atoms with Gasteiger partial charge < -0.3 is 10.2 Å². The molecule has 124 valence electrons. The Morgan fingerprint density at radius 1 is 1.14 bits per heavy atom. The maximum absolute atomic E-state index is 12.4. The molecule has 0 radical (unpaired) electrons. The predicted molar refractivity (Wildman–Crippen MR) is 93.7 cm³/mol. The number of rotatable bonds is 2. The Morgan fingerprint density at radius 3 is 2.33 bits per heavy atom. The molecule has 2 rings (SSSR count). The average molecular weight is 415 g/mol. The van der Waals surface area contributed by atoms with Crippen LogP contribution in [0.2, 0.25) is 0 Å². The van der Waals surface area contributed by atoms with Gasteiger partial charge in [-0.05, 0) is 31.1 Å². The number of halogens is 3. The Hall–Kier alpha value is -0.140. The van der Waals surface area contributed by atoms with Crippen molar-refractivity contribution in [1.29, 1.82) is 0 Å². The van der Waals surface area contributed by atoms with Crippen molar-refractivity contribution in [2.45, 2.75) is 57.8 Å². The molecule has 2 aliphatic rings. The number of hydrogen-bond donors (Lipinski definition) is 1. The van der Waals surface area contributed by atoms with E-state index < -0.39 is 6.43 Å². The van der Waals surface area contributed by atoms with Crippen molar-refractivity contribution in [3.63, 3.8) is 0 Å². The molecule has 0 aromatic heterocycles. The van der Waals surface area contributed by atoms with Crippen molar-refractivity contribution in [3.8, 4) is 0 Å². The average Bonchev–Trinajstić information content (AvgIpc) is 2.65. The van der Waals surface area contributed by atoms with Gasteiger partial charge in [0.05, 0.1) is 6.54 Å². The summed E-state index contributed by atoms with van der Waals surface area (Å²) in [6.45, 7) is 1.61. The maximum Gasteiger partial charge on any atom is 0.255 e. The second-order valence-electron chi connectivity index (χ2n) is 6.26. The van der Waals surface area contributed by atoms with E-state index in [1.165, 1.54) is 44.9 Å². The standard InChI is InChI=1S/C15H27F2N3.HI/c1-18-14(19-11-13(16)17)20-10-6-9-15(12-20)7-4-2-3-5-8-15;/h13H,2-12H2,1H3,(H,18,19);1H. The summed E-state index contributed by atoms with van der Waals surface area (Å²) in [5.41, 5.74) is 0.400. The molecule has 2 fully saturated rings. The summed E-state index contributed by atoms with van der Waals surface area (Å²) in [5, 5.41) is 2.80. The molecule has 1 aliphatic carbocycles. The number of hydrogen-bond acceptors (Lipinski definition) is 1. The maximum atomic E-state index is 12.4. The Bertz CT molecular complexity index is 329. The van der Waals surface area contributed by atoms with Gasteiger partial charge in [-0.25, -0.2) is 8.78 Å². The first-order chi connectivity index (χ1) is 9.65. The zero-order valence-corrected chi connectivity index (χ0v) is 15.2. The molecular formula is C15H28F2IN3. The normalized spacial score (nSPS) is 22.9. The van der Waals surface area contributed by atoms with E-state index in [-0.39, 0.29) is 30.5 Å². The highest BCUT2D eigenvalue weighted by Gasteiger charge is 2.36. The van der Waals surface area contributed by atoms with E-state index in [0.29, 0.717) is 11.4 Å². The Kier molecular flexibility index (Phi) is 8.19. The Morgan fingerprint density at radius 2 is 1.76 bits per heavy atom. The zero-order valence-electron chi connectivity index (χ0n) is 12.9. The van der Waals surface area contributed by atoms with E-state index in [9.17, 15) is 8.78 Å². The van der Waals surface area contributed by atoms with Crippen molar-refractivity contribution in [2.75, 3.05) is 26.7 Å². The molecule has 1 N–H and O–H groups in total. The summed E-state index contributed by atoms with van der Waals surface area (Å²) >= 11 is 0. The second kappa shape index (κ2) is 9.10. The molecule has 1 spiro atoms. The number of aliphatic imine (C=N–C) groups is 1. The van der Waals surface area contributed by atoms with Gasteiger partial charge in [0.25, 0.3) is 6.43 Å². The molecule has 21 heavy (non-hydrogen) atoms. The van der Waals surface area contributed by atoms with Gasteiger partial charge in [-0.15, -0.1) is 24.0 Å². The second-order valence-corrected chi connectivity index (χ2v) is 6.26. The lowest BCUT2D eigenvalue weighted by atomic mass is 9.74. The van der Waals surface area contributed by atoms with Gasteiger partial charge in [0, 0.05) is 20.1 Å². The Labute approximate surface area is 144 Å². The number of likely N-dealkylation sites (tertiary alicyclic amines) is 1. The number of alkyl halides is 2. The molecule has 0 unspecified atom stereocenters. The number of piperidine rings is 1. The summed E-state index contributed by atoms with van der Waals surface area (Å²) < 4.78 is 24.7. The molecule has 0 bridgehead atoms. The highest BCUT2D eigenvalue weighted by Crippen LogP contribution is 2.42. The summed E-state index contributed by atoms with van der Waals surface area (Å²) in [4.78, 5) is 6.37. The minimum atomic E-state index is -2.33. The van der Waals surface area contributed by atoms with E-state index in [2.05, 4.69) is 15.2 Å². The van der Waals surface area contributed by atoms with Crippen LogP contribution in [0.15, 0.2) is 4.99 Å². The monoisotopic (exact) mass is 415 g/mol. The minimum Gasteiger partial charge on any atom is -0.351 e. The van der Waals surface area contributed by atoms with Crippen LogP contribution in [0.3, 0.4) is 0 Å². The lowest BCUT2D eigenvalue weighted by molar-refractivity contribution is 0.112.